The molecule has 20 heavy (non-hydrogen) atoms. The van der Waals surface area contributed by atoms with Gasteiger partial charge < -0.3 is 10.6 Å². The molecule has 1 aliphatic heterocycles. The quantitative estimate of drug-likeness (QED) is 0.708. The summed E-state index contributed by atoms with van der Waals surface area (Å²) in [5, 5.41) is 7.88. The summed E-state index contributed by atoms with van der Waals surface area (Å²) in [6.45, 7) is 0. The third-order valence-electron chi connectivity index (χ3n) is 5.87. The zero-order valence-corrected chi connectivity index (χ0v) is 12.3. The Kier molecular flexibility index (Phi) is 3.13. The number of rotatable bonds is 0. The molecule has 1 heterocycles. The minimum absolute atomic E-state index is 0.364. The maximum atomic E-state index is 4.01. The summed E-state index contributed by atoms with van der Waals surface area (Å²) in [4.78, 5) is 0. The molecule has 2 saturated carbocycles. The summed E-state index contributed by atoms with van der Waals surface area (Å²) in [6.07, 6.45) is 12.5. The molecular weight excluding hydrogens is 244 g/mol. The van der Waals surface area contributed by atoms with Crippen molar-refractivity contribution in [1.82, 2.24) is 0 Å². The fourth-order valence-electron chi connectivity index (χ4n) is 4.92. The van der Waals surface area contributed by atoms with Crippen LogP contribution in [0.5, 0.6) is 0 Å². The maximum Gasteiger partial charge on any atom is 0.0580 e. The second-order valence-electron chi connectivity index (χ2n) is 7.03. The highest BCUT2D eigenvalue weighted by Crippen LogP contribution is 2.47. The molecular formula is C18H26N2. The van der Waals surface area contributed by atoms with E-state index in [1.807, 2.05) is 0 Å². The van der Waals surface area contributed by atoms with E-state index in [0.717, 1.165) is 5.92 Å². The highest BCUT2D eigenvalue weighted by molar-refractivity contribution is 5.71. The molecule has 0 bridgehead atoms. The largest absolute Gasteiger partial charge is 0.380 e. The van der Waals surface area contributed by atoms with E-state index < -0.39 is 0 Å². The molecule has 0 amide bonds. The molecule has 4 rings (SSSR count). The van der Waals surface area contributed by atoms with Crippen LogP contribution in [0.3, 0.4) is 0 Å². The molecule has 2 N–H and O–H groups in total. The van der Waals surface area contributed by atoms with E-state index in [0.29, 0.717) is 11.6 Å². The van der Waals surface area contributed by atoms with Crippen LogP contribution in [0.25, 0.3) is 0 Å². The zero-order valence-electron chi connectivity index (χ0n) is 12.3. The van der Waals surface area contributed by atoms with Gasteiger partial charge in [0.1, 0.15) is 0 Å². The average molecular weight is 270 g/mol. The van der Waals surface area contributed by atoms with Crippen molar-refractivity contribution in [2.45, 2.75) is 69.4 Å². The molecule has 0 unspecified atom stereocenters. The van der Waals surface area contributed by atoms with Crippen molar-refractivity contribution < 1.29 is 0 Å². The van der Waals surface area contributed by atoms with Gasteiger partial charge in [-0.1, -0.05) is 44.2 Å². The van der Waals surface area contributed by atoms with Gasteiger partial charge in [-0.2, -0.15) is 0 Å². The maximum absolute atomic E-state index is 4.01. The predicted molar refractivity (Wildman–Crippen MR) is 85.2 cm³/mol. The summed E-state index contributed by atoms with van der Waals surface area (Å²) in [5.74, 6) is 0.809. The van der Waals surface area contributed by atoms with Crippen LogP contribution in [0.15, 0.2) is 24.3 Å². The Morgan fingerprint density at radius 2 is 1.60 bits per heavy atom. The molecule has 3 aliphatic rings. The van der Waals surface area contributed by atoms with E-state index in [1.165, 1.54) is 69.2 Å². The Hall–Kier alpha value is -1.18. The van der Waals surface area contributed by atoms with Crippen LogP contribution in [-0.2, 0) is 0 Å². The van der Waals surface area contributed by atoms with E-state index in [9.17, 15) is 0 Å². The van der Waals surface area contributed by atoms with Crippen LogP contribution in [0, 0.1) is 5.92 Å². The van der Waals surface area contributed by atoms with Crippen LogP contribution in [0.1, 0.15) is 57.8 Å². The van der Waals surface area contributed by atoms with Gasteiger partial charge in [0.05, 0.1) is 11.4 Å². The summed E-state index contributed by atoms with van der Waals surface area (Å²) < 4.78 is 0. The van der Waals surface area contributed by atoms with Gasteiger partial charge in [0.25, 0.3) is 0 Å². The van der Waals surface area contributed by atoms with Crippen molar-refractivity contribution in [2.24, 2.45) is 5.92 Å². The lowest BCUT2D eigenvalue weighted by atomic mass is 9.65. The SMILES string of the molecule is c1ccc2c(c1)N[C@@H]1CCCC[C@H]1C1(CCCCC1)N2. The zero-order chi connectivity index (χ0) is 13.4. The molecule has 2 nitrogen and oxygen atoms in total. The first-order chi connectivity index (χ1) is 9.87. The second-order valence-corrected chi connectivity index (χ2v) is 7.03. The van der Waals surface area contributed by atoms with Crippen molar-refractivity contribution in [3.8, 4) is 0 Å². The first-order valence-corrected chi connectivity index (χ1v) is 8.51. The molecule has 0 aromatic heterocycles. The Morgan fingerprint density at radius 1 is 0.850 bits per heavy atom. The van der Waals surface area contributed by atoms with Crippen LogP contribution in [0.2, 0.25) is 0 Å². The van der Waals surface area contributed by atoms with Crippen molar-refractivity contribution in [2.75, 3.05) is 10.6 Å². The summed E-state index contributed by atoms with van der Waals surface area (Å²) in [7, 11) is 0. The van der Waals surface area contributed by atoms with Crippen LogP contribution < -0.4 is 10.6 Å². The third-order valence-corrected chi connectivity index (χ3v) is 5.87. The Morgan fingerprint density at radius 3 is 2.45 bits per heavy atom. The van der Waals surface area contributed by atoms with Gasteiger partial charge in [-0.15, -0.1) is 0 Å². The van der Waals surface area contributed by atoms with Gasteiger partial charge in [-0.05, 0) is 37.8 Å². The van der Waals surface area contributed by atoms with Gasteiger partial charge in [0.2, 0.25) is 0 Å². The Labute approximate surface area is 122 Å². The lowest BCUT2D eigenvalue weighted by Crippen LogP contribution is -2.52. The highest BCUT2D eigenvalue weighted by atomic mass is 15.1. The monoisotopic (exact) mass is 270 g/mol. The van der Waals surface area contributed by atoms with E-state index in [-0.39, 0.29) is 0 Å². The van der Waals surface area contributed by atoms with Gasteiger partial charge in [-0.3, -0.25) is 0 Å². The van der Waals surface area contributed by atoms with Gasteiger partial charge in [-0.25, -0.2) is 0 Å². The van der Waals surface area contributed by atoms with Gasteiger partial charge in [0.15, 0.2) is 0 Å². The predicted octanol–water partition coefficient (Wildman–Crippen LogP) is 4.79. The Bertz CT molecular complexity index is 476. The van der Waals surface area contributed by atoms with E-state index in [1.54, 1.807) is 0 Å². The van der Waals surface area contributed by atoms with Crippen molar-refractivity contribution in [3.63, 3.8) is 0 Å². The molecule has 108 valence electrons. The van der Waals surface area contributed by atoms with Crippen molar-refractivity contribution in [1.29, 1.82) is 0 Å². The summed E-state index contributed by atoms with van der Waals surface area (Å²) in [6, 6.07) is 9.51. The van der Waals surface area contributed by atoms with E-state index in [2.05, 4.69) is 34.9 Å². The minimum atomic E-state index is 0.364. The lowest BCUT2D eigenvalue weighted by molar-refractivity contribution is 0.163. The molecule has 2 aliphatic carbocycles. The highest BCUT2D eigenvalue weighted by Gasteiger charge is 2.46. The number of benzene rings is 1. The molecule has 2 atom stereocenters. The molecule has 2 fully saturated rings. The molecule has 1 aromatic carbocycles. The Balaban J connectivity index is 1.76. The van der Waals surface area contributed by atoms with Crippen LogP contribution >= 0.6 is 0 Å². The lowest BCUT2D eigenvalue weighted by Gasteiger charge is -2.48. The molecule has 1 spiro atoms. The smallest absolute Gasteiger partial charge is 0.0580 e. The molecule has 1 aromatic rings. The number of anilines is 2. The normalized spacial score (nSPS) is 31.4. The molecule has 2 heteroatoms. The van der Waals surface area contributed by atoms with Gasteiger partial charge >= 0.3 is 0 Å². The van der Waals surface area contributed by atoms with E-state index in [4.69, 9.17) is 0 Å². The summed E-state index contributed by atoms with van der Waals surface area (Å²) >= 11 is 0. The van der Waals surface area contributed by atoms with Crippen LogP contribution in [0.4, 0.5) is 11.4 Å². The number of nitrogens with one attached hydrogen (secondary N) is 2. The second kappa shape index (κ2) is 4.98. The first-order valence-electron chi connectivity index (χ1n) is 8.51. The fourth-order valence-corrected chi connectivity index (χ4v) is 4.92. The number of fused-ring (bicyclic) bond motifs is 3. The minimum Gasteiger partial charge on any atom is -0.380 e. The fraction of sp³-hybridized carbons (Fsp3) is 0.667. The average Bonchev–Trinajstić information content (AvgIpc) is 2.63. The number of hydrogen-bond acceptors (Lipinski definition) is 2. The standard InChI is InChI=1S/C18H26N2/c1-6-12-18(13-7-1)14-8-2-3-9-15(14)19-16-10-4-5-11-17(16)20-18/h4-5,10-11,14-15,19-20H,1-3,6-9,12-13H2/t14-,15-/m1/s1. The molecule has 0 radical (unpaired) electrons. The number of hydrogen-bond donors (Lipinski definition) is 2. The third kappa shape index (κ3) is 2.01. The molecule has 0 saturated heterocycles. The number of para-hydroxylation sites is 2. The van der Waals surface area contributed by atoms with Crippen LogP contribution in [-0.4, -0.2) is 11.6 Å². The van der Waals surface area contributed by atoms with Crippen molar-refractivity contribution in [3.05, 3.63) is 24.3 Å². The topological polar surface area (TPSA) is 24.1 Å². The summed E-state index contributed by atoms with van der Waals surface area (Å²) in [5.41, 5.74) is 3.03. The van der Waals surface area contributed by atoms with Gasteiger partial charge in [0, 0.05) is 17.5 Å². The first kappa shape index (κ1) is 12.6. The van der Waals surface area contributed by atoms with E-state index >= 15 is 0 Å². The van der Waals surface area contributed by atoms with Crippen molar-refractivity contribution >= 4 is 11.4 Å².